The number of aromatic amines is 1. The van der Waals surface area contributed by atoms with Crippen LogP contribution in [-0.4, -0.2) is 44.6 Å². The van der Waals surface area contributed by atoms with Gasteiger partial charge in [0.15, 0.2) is 17.3 Å². The molecule has 4 aromatic rings. The molecule has 0 saturated heterocycles. The van der Waals surface area contributed by atoms with Crippen molar-refractivity contribution >= 4 is 33.1 Å². The van der Waals surface area contributed by atoms with E-state index in [1.165, 1.54) is 0 Å². The number of anilines is 1. The van der Waals surface area contributed by atoms with Gasteiger partial charge in [-0.25, -0.2) is 12.9 Å². The number of azo groups is 1. The highest BCUT2D eigenvalue weighted by atomic mass is 32.2. The Morgan fingerprint density at radius 3 is 2.75 bits per heavy atom. The van der Waals surface area contributed by atoms with Gasteiger partial charge in [-0.05, 0) is 26.0 Å². The van der Waals surface area contributed by atoms with E-state index < -0.39 is 10.0 Å². The fourth-order valence-corrected chi connectivity index (χ4v) is 3.15. The molecule has 0 unspecified atom stereocenters. The molecule has 13 heteroatoms. The molecule has 3 aromatic heterocycles. The molecule has 2 N–H and O–H groups in total. The standard InChI is InChI=1S/C15H15N9O3S/c1-8-12(17-20-15-16-9(2)22-27-15)14-19-18-13(24(14)21-8)10-5-4-6-11(7-10)23-28(3,25)26/h4-7,21,23H,1-3H3. The van der Waals surface area contributed by atoms with E-state index in [-0.39, 0.29) is 6.01 Å². The molecule has 0 spiro atoms. The molecule has 1 aromatic carbocycles. The number of nitrogens with one attached hydrogen (secondary N) is 2. The Hall–Kier alpha value is -3.61. The van der Waals surface area contributed by atoms with Crippen molar-refractivity contribution in [3.05, 3.63) is 35.8 Å². The zero-order chi connectivity index (χ0) is 19.9. The number of H-pyrrole nitrogens is 1. The van der Waals surface area contributed by atoms with Gasteiger partial charge < -0.3 is 4.52 Å². The molecular weight excluding hydrogens is 386 g/mol. The average Bonchev–Trinajstić information content (AvgIpc) is 3.27. The van der Waals surface area contributed by atoms with Crippen LogP contribution in [0.5, 0.6) is 0 Å². The highest BCUT2D eigenvalue weighted by Gasteiger charge is 2.17. The van der Waals surface area contributed by atoms with Crippen LogP contribution >= 0.6 is 0 Å². The van der Waals surface area contributed by atoms with E-state index >= 15 is 0 Å². The summed E-state index contributed by atoms with van der Waals surface area (Å²) in [5, 5.41) is 23.2. The second-order valence-corrected chi connectivity index (χ2v) is 7.80. The Morgan fingerprint density at radius 2 is 2.04 bits per heavy atom. The van der Waals surface area contributed by atoms with Crippen molar-refractivity contribution < 1.29 is 12.9 Å². The van der Waals surface area contributed by atoms with Crippen LogP contribution < -0.4 is 4.72 Å². The molecule has 0 radical (unpaired) electrons. The van der Waals surface area contributed by atoms with Crippen LogP contribution in [0.4, 0.5) is 17.4 Å². The zero-order valence-corrected chi connectivity index (χ0v) is 15.9. The molecular formula is C15H15N9O3S. The highest BCUT2D eigenvalue weighted by Crippen LogP contribution is 2.29. The fourth-order valence-electron chi connectivity index (χ4n) is 2.59. The van der Waals surface area contributed by atoms with Gasteiger partial charge in [0.25, 0.3) is 0 Å². The normalized spacial score (nSPS) is 12.2. The van der Waals surface area contributed by atoms with Crippen molar-refractivity contribution in [2.75, 3.05) is 11.0 Å². The maximum Gasteiger partial charge on any atom is 0.366 e. The SMILES string of the molecule is Cc1noc(N=Nc2c(C)[nH]n3c(-c4cccc(NS(C)(=O)=O)c4)nnc23)n1. The Bertz CT molecular complexity index is 1300. The topological polar surface area (TPSA) is 156 Å². The van der Waals surface area contributed by atoms with Crippen LogP contribution in [0.15, 0.2) is 39.0 Å². The van der Waals surface area contributed by atoms with Crippen LogP contribution in [0, 0.1) is 13.8 Å². The van der Waals surface area contributed by atoms with Crippen molar-refractivity contribution in [3.8, 4) is 11.4 Å². The van der Waals surface area contributed by atoms with Crippen molar-refractivity contribution in [2.45, 2.75) is 13.8 Å². The summed E-state index contributed by atoms with van der Waals surface area (Å²) in [5.74, 6) is 0.947. The predicted molar refractivity (Wildman–Crippen MR) is 99.2 cm³/mol. The first-order valence-corrected chi connectivity index (χ1v) is 9.93. The van der Waals surface area contributed by atoms with Gasteiger partial charge >= 0.3 is 6.01 Å². The minimum Gasteiger partial charge on any atom is -0.311 e. The summed E-state index contributed by atoms with van der Waals surface area (Å²) in [5.41, 5.74) is 2.72. The number of hydrogen-bond acceptors (Lipinski definition) is 9. The van der Waals surface area contributed by atoms with E-state index in [9.17, 15) is 8.42 Å². The van der Waals surface area contributed by atoms with Crippen LogP contribution in [0.25, 0.3) is 17.0 Å². The summed E-state index contributed by atoms with van der Waals surface area (Å²) in [7, 11) is -3.39. The lowest BCUT2D eigenvalue weighted by molar-refractivity contribution is 0.421. The number of aryl methyl sites for hydroxylation is 2. The third-order valence-electron chi connectivity index (χ3n) is 3.69. The van der Waals surface area contributed by atoms with Gasteiger partial charge in [-0.1, -0.05) is 22.4 Å². The Morgan fingerprint density at radius 1 is 1.21 bits per heavy atom. The number of sulfonamides is 1. The van der Waals surface area contributed by atoms with Gasteiger partial charge in [-0.15, -0.1) is 15.3 Å². The molecule has 0 atom stereocenters. The number of fused-ring (bicyclic) bond motifs is 1. The van der Waals surface area contributed by atoms with Crippen molar-refractivity contribution in [3.63, 3.8) is 0 Å². The first kappa shape index (κ1) is 17.8. The van der Waals surface area contributed by atoms with Crippen molar-refractivity contribution in [1.82, 2.24) is 30.0 Å². The third-order valence-corrected chi connectivity index (χ3v) is 4.29. The van der Waals surface area contributed by atoms with E-state index in [0.29, 0.717) is 39.9 Å². The van der Waals surface area contributed by atoms with E-state index in [0.717, 1.165) is 6.26 Å². The molecule has 144 valence electrons. The van der Waals surface area contributed by atoms with Crippen molar-refractivity contribution in [1.29, 1.82) is 0 Å². The molecule has 3 heterocycles. The third kappa shape index (κ3) is 3.46. The summed E-state index contributed by atoms with van der Waals surface area (Å²) < 4.78 is 31.9. The van der Waals surface area contributed by atoms with E-state index in [2.05, 4.69) is 40.4 Å². The summed E-state index contributed by atoms with van der Waals surface area (Å²) in [6, 6.07) is 6.86. The molecule has 0 saturated carbocycles. The first-order chi connectivity index (χ1) is 13.3. The molecule has 0 aliphatic heterocycles. The van der Waals surface area contributed by atoms with E-state index in [1.54, 1.807) is 35.7 Å². The molecule has 4 rings (SSSR count). The van der Waals surface area contributed by atoms with Gasteiger partial charge in [-0.3, -0.25) is 9.82 Å². The number of rotatable bonds is 5. The Labute approximate surface area is 158 Å². The lowest BCUT2D eigenvalue weighted by Crippen LogP contribution is -2.09. The molecule has 0 aliphatic rings. The summed E-state index contributed by atoms with van der Waals surface area (Å²) in [4.78, 5) is 3.96. The molecule has 0 amide bonds. The highest BCUT2D eigenvalue weighted by molar-refractivity contribution is 7.92. The summed E-state index contributed by atoms with van der Waals surface area (Å²) >= 11 is 0. The van der Waals surface area contributed by atoms with E-state index in [1.807, 2.05) is 6.92 Å². The van der Waals surface area contributed by atoms with Crippen LogP contribution in [0.1, 0.15) is 11.5 Å². The molecule has 0 bridgehead atoms. The predicted octanol–water partition coefficient (Wildman–Crippen LogP) is 2.51. The van der Waals surface area contributed by atoms with E-state index in [4.69, 9.17) is 4.52 Å². The first-order valence-electron chi connectivity index (χ1n) is 8.04. The zero-order valence-electron chi connectivity index (χ0n) is 15.1. The number of nitrogens with zero attached hydrogens (tertiary/aromatic N) is 7. The van der Waals surface area contributed by atoms with Gasteiger partial charge in [0.2, 0.25) is 15.7 Å². The van der Waals surface area contributed by atoms with Crippen LogP contribution in [0.2, 0.25) is 0 Å². The molecule has 0 fully saturated rings. The van der Waals surface area contributed by atoms with Gasteiger partial charge in [-0.2, -0.15) is 4.98 Å². The van der Waals surface area contributed by atoms with Gasteiger partial charge in [0.05, 0.1) is 11.9 Å². The Kier molecular flexibility index (Phi) is 4.15. The maximum absolute atomic E-state index is 11.5. The smallest absolute Gasteiger partial charge is 0.311 e. The van der Waals surface area contributed by atoms with Gasteiger partial charge in [0, 0.05) is 11.3 Å². The minimum absolute atomic E-state index is 0.0375. The second-order valence-electron chi connectivity index (χ2n) is 6.05. The summed E-state index contributed by atoms with van der Waals surface area (Å²) in [6.45, 7) is 3.49. The molecule has 28 heavy (non-hydrogen) atoms. The molecule has 12 nitrogen and oxygen atoms in total. The maximum atomic E-state index is 11.5. The van der Waals surface area contributed by atoms with Crippen molar-refractivity contribution in [2.24, 2.45) is 10.2 Å². The Balaban J connectivity index is 1.73. The monoisotopic (exact) mass is 401 g/mol. The second kappa shape index (κ2) is 6.53. The van der Waals surface area contributed by atoms with Crippen LogP contribution in [-0.2, 0) is 10.0 Å². The number of aromatic nitrogens is 6. The van der Waals surface area contributed by atoms with Gasteiger partial charge in [0.1, 0.15) is 0 Å². The van der Waals surface area contributed by atoms with Crippen LogP contribution in [0.3, 0.4) is 0 Å². The lowest BCUT2D eigenvalue weighted by atomic mass is 10.2. The quantitative estimate of drug-likeness (QED) is 0.486. The summed E-state index contributed by atoms with van der Waals surface area (Å²) in [6.07, 6.45) is 1.09. The molecule has 0 aliphatic carbocycles. The number of hydrogen-bond donors (Lipinski definition) is 2. The lowest BCUT2D eigenvalue weighted by Gasteiger charge is -2.05. The largest absolute Gasteiger partial charge is 0.366 e. The minimum atomic E-state index is -3.39. The fraction of sp³-hybridized carbons (Fsp3) is 0.200. The number of benzene rings is 1. The average molecular weight is 401 g/mol.